The lowest BCUT2D eigenvalue weighted by Gasteiger charge is -2.12. The third kappa shape index (κ3) is 4.92. The summed E-state index contributed by atoms with van der Waals surface area (Å²) in [7, 11) is -3.42. The van der Waals surface area contributed by atoms with Crippen LogP contribution < -0.4 is 10.0 Å². The summed E-state index contributed by atoms with van der Waals surface area (Å²) in [5.74, 6) is -0.277. The predicted octanol–water partition coefficient (Wildman–Crippen LogP) is 3.15. The molecule has 1 aromatic carbocycles. The van der Waals surface area contributed by atoms with E-state index in [9.17, 15) is 13.2 Å². The van der Waals surface area contributed by atoms with Crippen LogP contribution in [0.15, 0.2) is 54.0 Å². The van der Waals surface area contributed by atoms with Gasteiger partial charge in [0.1, 0.15) is 0 Å². The number of hydrogen-bond donors (Lipinski definition) is 2. The molecule has 0 aliphatic rings. The lowest BCUT2D eigenvalue weighted by molar-refractivity contribution is 0.0952. The molecule has 3 heterocycles. The number of aryl methyl sites for hydroxylation is 1. The zero-order valence-corrected chi connectivity index (χ0v) is 18.6. The van der Waals surface area contributed by atoms with Crippen LogP contribution in [0.2, 0.25) is 0 Å². The number of carbonyl (C=O) groups excluding carboxylic acids is 1. The van der Waals surface area contributed by atoms with Crippen molar-refractivity contribution in [2.45, 2.75) is 20.0 Å². The molecule has 0 radical (unpaired) electrons. The van der Waals surface area contributed by atoms with Crippen LogP contribution in [-0.4, -0.2) is 35.3 Å². The summed E-state index contributed by atoms with van der Waals surface area (Å²) in [5, 5.41) is 9.99. The molecule has 160 valence electrons. The number of pyridine rings is 1. The van der Waals surface area contributed by atoms with E-state index in [2.05, 4.69) is 20.1 Å². The van der Waals surface area contributed by atoms with Gasteiger partial charge < -0.3 is 5.32 Å². The Morgan fingerprint density at radius 2 is 2.00 bits per heavy atom. The number of aromatic nitrogens is 3. The van der Waals surface area contributed by atoms with Gasteiger partial charge in [-0.3, -0.25) is 9.52 Å². The predicted molar refractivity (Wildman–Crippen MR) is 122 cm³/mol. The first-order valence-electron chi connectivity index (χ1n) is 9.49. The Morgan fingerprint density at radius 3 is 2.74 bits per heavy atom. The number of nitrogens with zero attached hydrogens (tertiary/aromatic N) is 3. The molecule has 1 amide bonds. The van der Waals surface area contributed by atoms with Crippen LogP contribution in [0.1, 0.15) is 26.5 Å². The molecule has 0 aliphatic heterocycles. The summed E-state index contributed by atoms with van der Waals surface area (Å²) in [6.07, 6.45) is 2.75. The van der Waals surface area contributed by atoms with Crippen molar-refractivity contribution in [1.82, 2.24) is 20.1 Å². The van der Waals surface area contributed by atoms with Gasteiger partial charge in [-0.1, -0.05) is 24.3 Å². The van der Waals surface area contributed by atoms with Crippen LogP contribution in [0, 0.1) is 6.92 Å². The molecule has 10 heteroatoms. The third-order valence-corrected chi connectivity index (χ3v) is 6.07. The molecule has 0 atom stereocenters. The number of nitrogens with one attached hydrogen (secondary N) is 2. The molecule has 8 nitrogen and oxygen atoms in total. The summed E-state index contributed by atoms with van der Waals surface area (Å²) in [4.78, 5) is 18.7. The van der Waals surface area contributed by atoms with Gasteiger partial charge in [0.25, 0.3) is 5.91 Å². The molecule has 4 aromatic rings. The first-order valence-corrected chi connectivity index (χ1v) is 12.3. The highest BCUT2D eigenvalue weighted by molar-refractivity contribution is 7.92. The Balaban J connectivity index is 1.58. The van der Waals surface area contributed by atoms with E-state index in [1.165, 1.54) is 0 Å². The minimum Gasteiger partial charge on any atom is -0.348 e. The van der Waals surface area contributed by atoms with Crippen LogP contribution in [-0.2, 0) is 23.1 Å². The van der Waals surface area contributed by atoms with Crippen molar-refractivity contribution in [3.63, 3.8) is 0 Å². The highest BCUT2D eigenvalue weighted by atomic mass is 32.2. The van der Waals surface area contributed by atoms with E-state index < -0.39 is 10.0 Å². The third-order valence-electron chi connectivity index (χ3n) is 4.62. The van der Waals surface area contributed by atoms with E-state index in [0.717, 1.165) is 11.1 Å². The smallest absolute Gasteiger partial charge is 0.252 e. The second-order valence-electron chi connectivity index (χ2n) is 7.14. The molecule has 2 N–H and O–H groups in total. The molecule has 0 saturated heterocycles. The number of anilines is 1. The van der Waals surface area contributed by atoms with Gasteiger partial charge in [0.05, 0.1) is 35.6 Å². The van der Waals surface area contributed by atoms with Gasteiger partial charge in [0.15, 0.2) is 5.65 Å². The summed E-state index contributed by atoms with van der Waals surface area (Å²) >= 11 is 1.64. The fourth-order valence-electron chi connectivity index (χ4n) is 3.27. The number of carbonyl (C=O) groups is 1. The molecule has 0 spiro atoms. The zero-order chi connectivity index (χ0) is 22.0. The average Bonchev–Trinajstić information content (AvgIpc) is 3.36. The number of sulfonamides is 1. The van der Waals surface area contributed by atoms with Crippen LogP contribution >= 0.6 is 11.3 Å². The van der Waals surface area contributed by atoms with Crippen molar-refractivity contribution in [1.29, 1.82) is 0 Å². The van der Waals surface area contributed by atoms with Crippen molar-refractivity contribution in [2.24, 2.45) is 0 Å². The standard InChI is InChI=1S/C21H21N5O3S2/c1-14-10-17(18-12-23-26(20(18)24-14)13-16-7-5-9-30-16)21(27)22-11-15-6-3-4-8-19(15)25-31(2,28)29/h3-10,12,25H,11,13H2,1-2H3,(H,22,27). The van der Waals surface area contributed by atoms with Crippen LogP contribution in [0.3, 0.4) is 0 Å². The summed E-state index contributed by atoms with van der Waals surface area (Å²) in [6.45, 7) is 2.59. The highest BCUT2D eigenvalue weighted by Gasteiger charge is 2.17. The second-order valence-corrected chi connectivity index (χ2v) is 9.92. The van der Waals surface area contributed by atoms with Crippen molar-refractivity contribution >= 4 is 44.0 Å². The van der Waals surface area contributed by atoms with Crippen molar-refractivity contribution < 1.29 is 13.2 Å². The number of fused-ring (bicyclic) bond motifs is 1. The maximum absolute atomic E-state index is 13.0. The molecular formula is C21H21N5O3S2. The Kier molecular flexibility index (Phi) is 5.75. The number of benzene rings is 1. The molecule has 0 unspecified atom stereocenters. The lowest BCUT2D eigenvalue weighted by Crippen LogP contribution is -2.24. The normalized spacial score (nSPS) is 11.5. The second kappa shape index (κ2) is 8.48. The van der Waals surface area contributed by atoms with Gasteiger partial charge in [-0.2, -0.15) is 5.10 Å². The summed E-state index contributed by atoms with van der Waals surface area (Å²) in [5.41, 5.74) is 2.94. The van der Waals surface area contributed by atoms with E-state index in [4.69, 9.17) is 0 Å². The van der Waals surface area contributed by atoms with Crippen LogP contribution in [0.25, 0.3) is 11.0 Å². The van der Waals surface area contributed by atoms with Gasteiger partial charge in [-0.25, -0.2) is 18.1 Å². The molecule has 3 aromatic heterocycles. The molecule has 4 rings (SSSR count). The van der Waals surface area contributed by atoms with Gasteiger partial charge >= 0.3 is 0 Å². The van der Waals surface area contributed by atoms with Crippen molar-refractivity contribution in [3.8, 4) is 0 Å². The van der Waals surface area contributed by atoms with Crippen molar-refractivity contribution in [2.75, 3.05) is 11.0 Å². The maximum Gasteiger partial charge on any atom is 0.252 e. The highest BCUT2D eigenvalue weighted by Crippen LogP contribution is 2.21. The molecule has 0 aliphatic carbocycles. The minimum atomic E-state index is -3.42. The van der Waals surface area contributed by atoms with Crippen LogP contribution in [0.5, 0.6) is 0 Å². The van der Waals surface area contributed by atoms with E-state index in [1.807, 2.05) is 24.4 Å². The van der Waals surface area contributed by atoms with E-state index in [1.54, 1.807) is 52.5 Å². The monoisotopic (exact) mass is 455 g/mol. The average molecular weight is 456 g/mol. The number of amides is 1. The van der Waals surface area contributed by atoms with E-state index in [0.29, 0.717) is 40.1 Å². The number of rotatable bonds is 7. The Bertz CT molecular complexity index is 1340. The SMILES string of the molecule is Cc1cc(C(=O)NCc2ccccc2NS(C)(=O)=O)c2cnn(Cc3cccs3)c2n1. The number of hydrogen-bond acceptors (Lipinski definition) is 6. The number of thiophene rings is 1. The van der Waals surface area contributed by atoms with E-state index >= 15 is 0 Å². The molecule has 0 saturated carbocycles. The zero-order valence-electron chi connectivity index (χ0n) is 17.0. The maximum atomic E-state index is 13.0. The van der Waals surface area contributed by atoms with Gasteiger partial charge in [0, 0.05) is 17.1 Å². The fourth-order valence-corrected chi connectivity index (χ4v) is 4.56. The topological polar surface area (TPSA) is 106 Å². The number of para-hydroxylation sites is 1. The van der Waals surface area contributed by atoms with Crippen LogP contribution in [0.4, 0.5) is 5.69 Å². The first-order chi connectivity index (χ1) is 14.8. The quantitative estimate of drug-likeness (QED) is 0.445. The van der Waals surface area contributed by atoms with Gasteiger partial charge in [0.2, 0.25) is 10.0 Å². The Morgan fingerprint density at radius 1 is 1.19 bits per heavy atom. The minimum absolute atomic E-state index is 0.170. The van der Waals surface area contributed by atoms with Gasteiger partial charge in [-0.15, -0.1) is 11.3 Å². The lowest BCUT2D eigenvalue weighted by atomic mass is 10.1. The van der Waals surface area contributed by atoms with Crippen molar-refractivity contribution in [3.05, 3.63) is 75.7 Å². The summed E-state index contributed by atoms with van der Waals surface area (Å²) in [6, 6.07) is 12.7. The molecule has 0 bridgehead atoms. The molecule has 31 heavy (non-hydrogen) atoms. The Labute approximate surface area is 184 Å². The van der Waals surface area contributed by atoms with E-state index in [-0.39, 0.29) is 12.5 Å². The fraction of sp³-hybridized carbons (Fsp3) is 0.190. The molecular weight excluding hydrogens is 434 g/mol. The molecule has 0 fully saturated rings. The summed E-state index contributed by atoms with van der Waals surface area (Å²) < 4.78 is 27.5. The van der Waals surface area contributed by atoms with Gasteiger partial charge in [-0.05, 0) is 36.1 Å². The largest absolute Gasteiger partial charge is 0.348 e. The first kappa shape index (κ1) is 21.0. The Hall–Kier alpha value is -3.24.